The number of hydrogen-bond donors (Lipinski definition) is 2. The first-order chi connectivity index (χ1) is 15.0. The number of halogens is 1. The molecule has 6 nitrogen and oxygen atoms in total. The maximum Gasteiger partial charge on any atom is 0.291 e. The van der Waals surface area contributed by atoms with E-state index in [9.17, 15) is 9.59 Å². The second-order valence-corrected chi connectivity index (χ2v) is 8.46. The highest BCUT2D eigenvalue weighted by Gasteiger charge is 2.28. The molecule has 0 aliphatic carbocycles. The number of anilines is 1. The Labute approximate surface area is 189 Å². The summed E-state index contributed by atoms with van der Waals surface area (Å²) in [6.07, 6.45) is 0.909. The van der Waals surface area contributed by atoms with E-state index in [-0.39, 0.29) is 23.6 Å². The molecule has 7 heteroatoms. The Morgan fingerprint density at radius 1 is 1.06 bits per heavy atom. The molecule has 0 radical (unpaired) electrons. The van der Waals surface area contributed by atoms with E-state index < -0.39 is 0 Å². The Kier molecular flexibility index (Phi) is 6.53. The molecule has 0 bridgehead atoms. The molecule has 4 rings (SSSR count). The minimum absolute atomic E-state index is 0.0948. The van der Waals surface area contributed by atoms with Gasteiger partial charge in [0.25, 0.3) is 11.8 Å². The second-order valence-electron chi connectivity index (χ2n) is 7.68. The number of likely N-dealkylation sites (tertiary alicyclic amines) is 1. The molecule has 1 aliphatic heterocycles. The predicted molar refractivity (Wildman–Crippen MR) is 123 cm³/mol. The zero-order valence-corrected chi connectivity index (χ0v) is 18.8. The smallest absolute Gasteiger partial charge is 0.291 e. The molecule has 0 spiro atoms. The zero-order valence-electron chi connectivity index (χ0n) is 17.2. The van der Waals surface area contributed by atoms with Crippen LogP contribution in [0.25, 0.3) is 0 Å². The van der Waals surface area contributed by atoms with Crippen molar-refractivity contribution in [3.05, 3.63) is 88.3 Å². The van der Waals surface area contributed by atoms with Gasteiger partial charge in [0, 0.05) is 36.4 Å². The van der Waals surface area contributed by atoms with Gasteiger partial charge in [-0.25, -0.2) is 0 Å². The van der Waals surface area contributed by atoms with Crippen molar-refractivity contribution < 1.29 is 14.0 Å². The summed E-state index contributed by atoms with van der Waals surface area (Å²) in [6.45, 7) is 3.95. The summed E-state index contributed by atoms with van der Waals surface area (Å²) in [5.74, 6) is -0.319. The van der Waals surface area contributed by atoms with Gasteiger partial charge >= 0.3 is 0 Å². The van der Waals surface area contributed by atoms with E-state index in [1.807, 2.05) is 6.07 Å². The standard InChI is InChI=1S/C24H24BrN3O3/c1-16(17-6-3-2-4-7-17)28-13-12-20(15-28)27-23(29)18-8-5-9-19(14-18)26-24(30)21-10-11-22(25)31-21/h2-11,14,16,20H,12-13,15H2,1H3,(H,26,30)(H,27,29). The SMILES string of the molecule is CC(c1ccccc1)N1CCC(NC(=O)c2cccc(NC(=O)c3ccc(Br)o3)c2)C1. The van der Waals surface area contributed by atoms with E-state index in [1.165, 1.54) is 5.56 Å². The topological polar surface area (TPSA) is 74.6 Å². The highest BCUT2D eigenvalue weighted by molar-refractivity contribution is 9.10. The highest BCUT2D eigenvalue weighted by Crippen LogP contribution is 2.25. The Morgan fingerprint density at radius 3 is 2.61 bits per heavy atom. The lowest BCUT2D eigenvalue weighted by molar-refractivity contribution is 0.0935. The minimum Gasteiger partial charge on any atom is -0.444 e. The van der Waals surface area contributed by atoms with Crippen molar-refractivity contribution >= 4 is 33.4 Å². The van der Waals surface area contributed by atoms with Crippen LogP contribution in [-0.2, 0) is 0 Å². The lowest BCUT2D eigenvalue weighted by Gasteiger charge is -2.24. The van der Waals surface area contributed by atoms with Gasteiger partial charge in [-0.1, -0.05) is 36.4 Å². The number of amides is 2. The molecule has 160 valence electrons. The molecular formula is C24H24BrN3O3. The molecule has 2 N–H and O–H groups in total. The Hall–Kier alpha value is -2.90. The third kappa shape index (κ3) is 5.24. The van der Waals surface area contributed by atoms with Gasteiger partial charge in [-0.05, 0) is 65.2 Å². The number of hydrogen-bond acceptors (Lipinski definition) is 4. The zero-order chi connectivity index (χ0) is 21.8. The molecule has 3 aromatic rings. The number of benzene rings is 2. The third-order valence-electron chi connectivity index (χ3n) is 5.56. The summed E-state index contributed by atoms with van der Waals surface area (Å²) in [5.41, 5.74) is 2.32. The molecule has 1 saturated heterocycles. The van der Waals surface area contributed by atoms with Crippen molar-refractivity contribution in [1.82, 2.24) is 10.2 Å². The van der Waals surface area contributed by atoms with Crippen LogP contribution in [0.3, 0.4) is 0 Å². The van der Waals surface area contributed by atoms with Crippen molar-refractivity contribution in [2.24, 2.45) is 0 Å². The highest BCUT2D eigenvalue weighted by atomic mass is 79.9. The lowest BCUT2D eigenvalue weighted by Crippen LogP contribution is -2.37. The predicted octanol–water partition coefficient (Wildman–Crippen LogP) is 4.86. The first-order valence-corrected chi connectivity index (χ1v) is 11.1. The van der Waals surface area contributed by atoms with Crippen molar-refractivity contribution in [3.8, 4) is 0 Å². The van der Waals surface area contributed by atoms with Gasteiger partial charge in [0.15, 0.2) is 10.4 Å². The average molecular weight is 482 g/mol. The van der Waals surface area contributed by atoms with Crippen LogP contribution in [0.4, 0.5) is 5.69 Å². The molecule has 31 heavy (non-hydrogen) atoms. The fraction of sp³-hybridized carbons (Fsp3) is 0.250. The van der Waals surface area contributed by atoms with Crippen LogP contribution in [0.1, 0.15) is 45.9 Å². The number of furan rings is 1. The summed E-state index contributed by atoms with van der Waals surface area (Å²) in [4.78, 5) is 27.5. The van der Waals surface area contributed by atoms with Gasteiger partial charge in [0.05, 0.1) is 0 Å². The largest absolute Gasteiger partial charge is 0.444 e. The molecular weight excluding hydrogens is 458 g/mol. The molecule has 0 saturated carbocycles. The van der Waals surface area contributed by atoms with Crippen LogP contribution in [0, 0.1) is 0 Å². The average Bonchev–Trinajstić information content (AvgIpc) is 3.43. The third-order valence-corrected chi connectivity index (χ3v) is 5.99. The number of nitrogens with zero attached hydrogens (tertiary/aromatic N) is 1. The molecule has 2 atom stereocenters. The molecule has 2 aromatic carbocycles. The van der Waals surface area contributed by atoms with Crippen LogP contribution >= 0.6 is 15.9 Å². The van der Waals surface area contributed by atoms with Gasteiger partial charge in [-0.2, -0.15) is 0 Å². The summed E-state index contributed by atoms with van der Waals surface area (Å²) < 4.78 is 5.75. The summed E-state index contributed by atoms with van der Waals surface area (Å²) in [5, 5.41) is 5.89. The fourth-order valence-electron chi connectivity index (χ4n) is 3.84. The van der Waals surface area contributed by atoms with E-state index >= 15 is 0 Å². The molecule has 1 aliphatic rings. The molecule has 2 unspecified atom stereocenters. The molecule has 1 aromatic heterocycles. The van der Waals surface area contributed by atoms with E-state index in [0.717, 1.165) is 19.5 Å². The molecule has 2 heterocycles. The van der Waals surface area contributed by atoms with Crippen LogP contribution in [0.5, 0.6) is 0 Å². The lowest BCUT2D eigenvalue weighted by atomic mass is 10.1. The minimum atomic E-state index is -0.371. The first-order valence-electron chi connectivity index (χ1n) is 10.3. The molecule has 2 amide bonds. The van der Waals surface area contributed by atoms with Gasteiger partial charge in [0.2, 0.25) is 0 Å². The summed E-state index contributed by atoms with van der Waals surface area (Å²) in [7, 11) is 0. The van der Waals surface area contributed by atoms with Gasteiger partial charge < -0.3 is 15.1 Å². The van der Waals surface area contributed by atoms with Crippen LogP contribution in [0.2, 0.25) is 0 Å². The summed E-state index contributed by atoms with van der Waals surface area (Å²) >= 11 is 3.18. The van der Waals surface area contributed by atoms with Crippen LogP contribution in [0.15, 0.2) is 75.8 Å². The Morgan fingerprint density at radius 2 is 1.87 bits per heavy atom. The quantitative estimate of drug-likeness (QED) is 0.527. The number of rotatable bonds is 6. The normalized spacial score (nSPS) is 17.3. The van der Waals surface area contributed by atoms with Crippen molar-refractivity contribution in [2.75, 3.05) is 18.4 Å². The van der Waals surface area contributed by atoms with Gasteiger partial charge in [0.1, 0.15) is 0 Å². The Balaban J connectivity index is 1.35. The maximum absolute atomic E-state index is 12.8. The second kappa shape index (κ2) is 9.49. The van der Waals surface area contributed by atoms with E-state index in [1.54, 1.807) is 36.4 Å². The fourth-order valence-corrected chi connectivity index (χ4v) is 4.14. The van der Waals surface area contributed by atoms with Crippen LogP contribution in [-0.4, -0.2) is 35.8 Å². The van der Waals surface area contributed by atoms with Crippen LogP contribution < -0.4 is 10.6 Å². The van der Waals surface area contributed by atoms with E-state index in [0.29, 0.717) is 22.0 Å². The summed E-state index contributed by atoms with van der Waals surface area (Å²) in [6, 6.07) is 20.9. The van der Waals surface area contributed by atoms with E-state index in [2.05, 4.69) is 62.7 Å². The van der Waals surface area contributed by atoms with Crippen molar-refractivity contribution in [3.63, 3.8) is 0 Å². The van der Waals surface area contributed by atoms with Gasteiger partial charge in [-0.3, -0.25) is 14.5 Å². The number of nitrogens with one attached hydrogen (secondary N) is 2. The monoisotopic (exact) mass is 481 g/mol. The maximum atomic E-state index is 12.8. The Bertz CT molecular complexity index is 1070. The number of carbonyl (C=O) groups is 2. The van der Waals surface area contributed by atoms with Gasteiger partial charge in [-0.15, -0.1) is 0 Å². The van der Waals surface area contributed by atoms with Crippen molar-refractivity contribution in [2.45, 2.75) is 25.4 Å². The van der Waals surface area contributed by atoms with E-state index in [4.69, 9.17) is 4.42 Å². The first kappa shape index (κ1) is 21.3. The number of carbonyl (C=O) groups excluding carboxylic acids is 2. The van der Waals surface area contributed by atoms with Crippen molar-refractivity contribution in [1.29, 1.82) is 0 Å². The molecule has 1 fully saturated rings.